The fraction of sp³-hybridized carbons (Fsp3) is 0.167. The minimum atomic E-state index is -0.925. The first-order valence-electron chi connectivity index (χ1n) is 5.72. The number of hydrogen-bond donors (Lipinski definition) is 2. The van der Waals surface area contributed by atoms with Gasteiger partial charge in [0.05, 0.1) is 11.9 Å². The van der Waals surface area contributed by atoms with E-state index in [-0.39, 0.29) is 23.9 Å². The van der Waals surface area contributed by atoms with E-state index in [0.29, 0.717) is 16.1 Å². The molecule has 0 radical (unpaired) electrons. The van der Waals surface area contributed by atoms with Gasteiger partial charge in [-0.25, -0.2) is 13.8 Å². The lowest BCUT2D eigenvalue weighted by Gasteiger charge is -1.98. The maximum Gasteiger partial charge on any atom is 0.303 e. The summed E-state index contributed by atoms with van der Waals surface area (Å²) in [7, 11) is 0. The number of benzene rings is 1. The van der Waals surface area contributed by atoms with Crippen molar-refractivity contribution < 1.29 is 18.7 Å². The predicted octanol–water partition coefficient (Wildman–Crippen LogP) is 2.87. The third-order valence-electron chi connectivity index (χ3n) is 2.98. The zero-order chi connectivity index (χ0) is 14.4. The number of nitrogens with one attached hydrogen (secondary N) is 1. The summed E-state index contributed by atoms with van der Waals surface area (Å²) >= 11 is 3.31. The van der Waals surface area contributed by atoms with Crippen LogP contribution in [0.25, 0.3) is 16.8 Å². The molecule has 2 N–H and O–H groups in total. The Hall–Kier alpha value is -1.96. The zero-order valence-corrected chi connectivity index (χ0v) is 11.5. The zero-order valence-electron chi connectivity index (χ0n) is 9.95. The summed E-state index contributed by atoms with van der Waals surface area (Å²) in [5, 5.41) is 8.68. The highest BCUT2D eigenvalue weighted by Gasteiger charge is 2.17. The summed E-state index contributed by atoms with van der Waals surface area (Å²) in [5.74, 6) is -2.03. The van der Waals surface area contributed by atoms with Crippen LogP contribution in [0.2, 0.25) is 0 Å². The van der Waals surface area contributed by atoms with Gasteiger partial charge in [-0.15, -0.1) is 0 Å². The molecule has 1 aromatic carbocycles. The second-order valence-corrected chi connectivity index (χ2v) is 5.07. The van der Waals surface area contributed by atoms with E-state index >= 15 is 0 Å². The summed E-state index contributed by atoms with van der Waals surface area (Å²) in [4.78, 5) is 17.5. The molecule has 20 heavy (non-hydrogen) atoms. The molecular formula is C12H8BrF2N3O2. The van der Waals surface area contributed by atoms with Crippen molar-refractivity contribution in [2.24, 2.45) is 0 Å². The standard InChI is InChI=1S/C12H8BrF2N3O2/c13-11-7(1-2-9(19)20)16-12-17-10-6(15)3-5(14)4-8(10)18(11)12/h3-4H,1-2H2,(H,16,17)(H,19,20). The summed E-state index contributed by atoms with van der Waals surface area (Å²) in [6, 6.07) is 1.95. The van der Waals surface area contributed by atoms with Crippen LogP contribution in [0.4, 0.5) is 8.78 Å². The molecule has 0 saturated carbocycles. The molecule has 2 heterocycles. The Kier molecular flexibility index (Phi) is 2.97. The van der Waals surface area contributed by atoms with Crippen LogP contribution in [0.3, 0.4) is 0 Å². The second kappa shape index (κ2) is 4.55. The Morgan fingerprint density at radius 1 is 1.45 bits per heavy atom. The third kappa shape index (κ3) is 1.96. The molecule has 104 valence electrons. The van der Waals surface area contributed by atoms with Gasteiger partial charge in [-0.05, 0) is 15.9 Å². The van der Waals surface area contributed by atoms with Gasteiger partial charge in [0, 0.05) is 24.2 Å². The average Bonchev–Trinajstić information content (AvgIpc) is 2.85. The van der Waals surface area contributed by atoms with Crippen LogP contribution in [0.15, 0.2) is 16.7 Å². The molecule has 3 rings (SSSR count). The highest BCUT2D eigenvalue weighted by molar-refractivity contribution is 9.10. The number of carboxylic acid groups (broad SMARTS) is 1. The van der Waals surface area contributed by atoms with Crippen LogP contribution in [0.1, 0.15) is 12.1 Å². The van der Waals surface area contributed by atoms with E-state index in [4.69, 9.17) is 5.11 Å². The molecule has 3 aromatic rings. The van der Waals surface area contributed by atoms with Crippen LogP contribution in [-0.2, 0) is 11.2 Å². The van der Waals surface area contributed by atoms with Gasteiger partial charge < -0.3 is 10.1 Å². The number of halogens is 3. The van der Waals surface area contributed by atoms with Crippen molar-refractivity contribution in [3.8, 4) is 0 Å². The monoisotopic (exact) mass is 343 g/mol. The smallest absolute Gasteiger partial charge is 0.303 e. The van der Waals surface area contributed by atoms with Crippen LogP contribution in [-0.4, -0.2) is 25.4 Å². The highest BCUT2D eigenvalue weighted by Crippen LogP contribution is 2.27. The quantitative estimate of drug-likeness (QED) is 0.768. The number of H-pyrrole nitrogens is 1. The van der Waals surface area contributed by atoms with Gasteiger partial charge in [0.15, 0.2) is 5.82 Å². The lowest BCUT2D eigenvalue weighted by Crippen LogP contribution is -1.98. The average molecular weight is 344 g/mol. The minimum absolute atomic E-state index is 0.0527. The van der Waals surface area contributed by atoms with Crippen molar-refractivity contribution in [3.05, 3.63) is 34.1 Å². The molecular weight excluding hydrogens is 336 g/mol. The minimum Gasteiger partial charge on any atom is -0.481 e. The first-order chi connectivity index (χ1) is 9.47. The van der Waals surface area contributed by atoms with Crippen molar-refractivity contribution in [3.63, 3.8) is 0 Å². The predicted molar refractivity (Wildman–Crippen MR) is 70.6 cm³/mol. The molecule has 0 unspecified atom stereocenters. The normalized spacial score (nSPS) is 11.6. The van der Waals surface area contributed by atoms with E-state index in [1.165, 1.54) is 10.5 Å². The molecule has 0 spiro atoms. The molecule has 0 fully saturated rings. The van der Waals surface area contributed by atoms with Crippen molar-refractivity contribution in [2.75, 3.05) is 0 Å². The highest BCUT2D eigenvalue weighted by atomic mass is 79.9. The van der Waals surface area contributed by atoms with Crippen molar-refractivity contribution in [1.29, 1.82) is 0 Å². The number of hydrogen-bond acceptors (Lipinski definition) is 2. The van der Waals surface area contributed by atoms with Gasteiger partial charge in [-0.2, -0.15) is 0 Å². The largest absolute Gasteiger partial charge is 0.481 e. The third-order valence-corrected chi connectivity index (χ3v) is 3.81. The Labute approximate surface area is 119 Å². The van der Waals surface area contributed by atoms with Gasteiger partial charge in [-0.3, -0.25) is 9.20 Å². The Morgan fingerprint density at radius 3 is 2.90 bits per heavy atom. The Morgan fingerprint density at radius 2 is 2.20 bits per heavy atom. The van der Waals surface area contributed by atoms with E-state index in [0.717, 1.165) is 6.07 Å². The molecule has 2 aromatic heterocycles. The number of imidazole rings is 2. The van der Waals surface area contributed by atoms with E-state index in [9.17, 15) is 13.6 Å². The Bertz CT molecular complexity index is 840. The van der Waals surface area contributed by atoms with E-state index in [1.807, 2.05) is 0 Å². The summed E-state index contributed by atoms with van der Waals surface area (Å²) in [6.45, 7) is 0. The number of carboxylic acids is 1. The number of carbonyl (C=O) groups is 1. The maximum absolute atomic E-state index is 13.6. The molecule has 0 aliphatic carbocycles. The Balaban J connectivity index is 2.20. The van der Waals surface area contributed by atoms with Crippen molar-refractivity contribution in [2.45, 2.75) is 12.8 Å². The summed E-state index contributed by atoms with van der Waals surface area (Å²) in [6.07, 6.45) is 0.210. The molecule has 0 aliphatic rings. The van der Waals surface area contributed by atoms with E-state index in [1.54, 1.807) is 0 Å². The van der Waals surface area contributed by atoms with Gasteiger partial charge in [0.1, 0.15) is 15.9 Å². The number of aryl methyl sites for hydroxylation is 1. The molecule has 0 saturated heterocycles. The molecule has 0 aliphatic heterocycles. The molecule has 5 nitrogen and oxygen atoms in total. The van der Waals surface area contributed by atoms with Gasteiger partial charge in [-0.1, -0.05) is 0 Å². The first kappa shape index (κ1) is 13.0. The number of nitrogens with zero attached hydrogens (tertiary/aromatic N) is 2. The maximum atomic E-state index is 13.6. The fourth-order valence-electron chi connectivity index (χ4n) is 2.11. The molecule has 0 amide bonds. The van der Waals surface area contributed by atoms with Crippen molar-refractivity contribution in [1.82, 2.24) is 14.4 Å². The number of aromatic amines is 1. The lowest BCUT2D eigenvalue weighted by molar-refractivity contribution is -0.136. The van der Waals surface area contributed by atoms with Crippen molar-refractivity contribution >= 4 is 38.7 Å². The number of rotatable bonds is 3. The second-order valence-electron chi connectivity index (χ2n) is 4.31. The number of aromatic nitrogens is 3. The number of aliphatic carboxylic acids is 1. The number of fused-ring (bicyclic) bond motifs is 3. The first-order valence-corrected chi connectivity index (χ1v) is 6.52. The fourth-order valence-corrected chi connectivity index (χ4v) is 2.76. The molecule has 0 atom stereocenters. The van der Waals surface area contributed by atoms with E-state index < -0.39 is 17.6 Å². The van der Waals surface area contributed by atoms with E-state index in [2.05, 4.69) is 25.9 Å². The van der Waals surface area contributed by atoms with Gasteiger partial charge in [0.25, 0.3) is 0 Å². The SMILES string of the molecule is O=C(O)CCc1[nH]c2nc3c(F)cc(F)cc3n2c1Br. The van der Waals surface area contributed by atoms with Crippen LogP contribution < -0.4 is 0 Å². The van der Waals surface area contributed by atoms with Crippen LogP contribution >= 0.6 is 15.9 Å². The molecule has 0 bridgehead atoms. The van der Waals surface area contributed by atoms with Gasteiger partial charge >= 0.3 is 5.97 Å². The van der Waals surface area contributed by atoms with Gasteiger partial charge in [0.2, 0.25) is 5.78 Å². The topological polar surface area (TPSA) is 70.4 Å². The summed E-state index contributed by atoms with van der Waals surface area (Å²) in [5.41, 5.74) is 0.951. The van der Waals surface area contributed by atoms with Crippen LogP contribution in [0, 0.1) is 11.6 Å². The summed E-state index contributed by atoms with van der Waals surface area (Å²) < 4.78 is 29.0. The van der Waals surface area contributed by atoms with Crippen LogP contribution in [0.5, 0.6) is 0 Å². The molecule has 8 heteroatoms. The lowest BCUT2D eigenvalue weighted by atomic mass is 10.2.